The van der Waals surface area contributed by atoms with Gasteiger partial charge in [0.1, 0.15) is 5.54 Å². The van der Waals surface area contributed by atoms with Gasteiger partial charge in [-0.1, -0.05) is 18.2 Å². The second-order valence-corrected chi connectivity index (χ2v) is 6.09. The van der Waals surface area contributed by atoms with Crippen molar-refractivity contribution in [2.24, 2.45) is 0 Å². The van der Waals surface area contributed by atoms with Crippen molar-refractivity contribution in [1.29, 1.82) is 5.26 Å². The maximum atomic E-state index is 9.71. The number of piperidine rings is 1. The number of para-hydroxylation sites is 1. The van der Waals surface area contributed by atoms with Crippen molar-refractivity contribution < 1.29 is 0 Å². The first kappa shape index (κ1) is 12.5. The summed E-state index contributed by atoms with van der Waals surface area (Å²) >= 11 is 0. The van der Waals surface area contributed by atoms with Gasteiger partial charge in [0.05, 0.1) is 6.07 Å². The molecule has 0 aliphatic carbocycles. The SMILES string of the molecule is Cc1ccccc1NC1(C#N)CC2CCC(C1)N2C. The lowest BCUT2D eigenvalue weighted by Crippen LogP contribution is -2.52. The first-order valence-electron chi connectivity index (χ1n) is 7.10. The third kappa shape index (κ3) is 2.11. The summed E-state index contributed by atoms with van der Waals surface area (Å²) in [7, 11) is 2.21. The average Bonchev–Trinajstić information content (AvgIpc) is 2.65. The Bertz CT molecular complexity index is 503. The third-order valence-electron chi connectivity index (χ3n) is 4.89. The monoisotopic (exact) mass is 255 g/mol. The van der Waals surface area contributed by atoms with Gasteiger partial charge in [-0.05, 0) is 51.3 Å². The van der Waals surface area contributed by atoms with Crippen molar-refractivity contribution >= 4 is 5.69 Å². The van der Waals surface area contributed by atoms with E-state index >= 15 is 0 Å². The van der Waals surface area contributed by atoms with E-state index in [2.05, 4.69) is 42.4 Å². The smallest absolute Gasteiger partial charge is 0.128 e. The fourth-order valence-corrected chi connectivity index (χ4v) is 3.66. The fraction of sp³-hybridized carbons (Fsp3) is 0.562. The van der Waals surface area contributed by atoms with E-state index < -0.39 is 0 Å². The molecule has 2 aliphatic rings. The van der Waals surface area contributed by atoms with Gasteiger partial charge in [-0.15, -0.1) is 0 Å². The Hall–Kier alpha value is -1.53. The molecule has 0 saturated carbocycles. The molecule has 2 unspecified atom stereocenters. The zero-order chi connectivity index (χ0) is 13.5. The fourth-order valence-electron chi connectivity index (χ4n) is 3.66. The minimum absolute atomic E-state index is 0.384. The van der Waals surface area contributed by atoms with Crippen LogP contribution < -0.4 is 5.32 Å². The van der Waals surface area contributed by atoms with E-state index in [1.807, 2.05) is 12.1 Å². The summed E-state index contributed by atoms with van der Waals surface area (Å²) in [5.41, 5.74) is 1.93. The summed E-state index contributed by atoms with van der Waals surface area (Å²) in [5, 5.41) is 13.3. The highest BCUT2D eigenvalue weighted by atomic mass is 15.2. The van der Waals surface area contributed by atoms with Gasteiger partial charge in [-0.25, -0.2) is 0 Å². The number of benzene rings is 1. The van der Waals surface area contributed by atoms with Crippen molar-refractivity contribution in [2.45, 2.75) is 50.2 Å². The van der Waals surface area contributed by atoms with Crippen LogP contribution in [0.3, 0.4) is 0 Å². The number of hydrogen-bond acceptors (Lipinski definition) is 3. The van der Waals surface area contributed by atoms with Crippen LogP contribution in [0.4, 0.5) is 5.69 Å². The number of anilines is 1. The Morgan fingerprint density at radius 3 is 2.47 bits per heavy atom. The van der Waals surface area contributed by atoms with Crippen LogP contribution in [0.2, 0.25) is 0 Å². The van der Waals surface area contributed by atoms with Crippen molar-refractivity contribution in [2.75, 3.05) is 12.4 Å². The largest absolute Gasteiger partial charge is 0.367 e. The second kappa shape index (κ2) is 4.54. The molecule has 3 rings (SSSR count). The van der Waals surface area contributed by atoms with E-state index in [1.54, 1.807) is 0 Å². The molecule has 2 atom stereocenters. The number of fused-ring (bicyclic) bond motifs is 2. The summed E-state index contributed by atoms with van der Waals surface area (Å²) < 4.78 is 0. The van der Waals surface area contributed by atoms with E-state index in [0.717, 1.165) is 18.5 Å². The van der Waals surface area contributed by atoms with E-state index in [9.17, 15) is 5.26 Å². The molecule has 0 amide bonds. The molecule has 1 N–H and O–H groups in total. The van der Waals surface area contributed by atoms with Crippen LogP contribution >= 0.6 is 0 Å². The number of rotatable bonds is 2. The Morgan fingerprint density at radius 2 is 1.89 bits per heavy atom. The molecular weight excluding hydrogens is 234 g/mol. The van der Waals surface area contributed by atoms with Gasteiger partial charge in [0, 0.05) is 17.8 Å². The van der Waals surface area contributed by atoms with Crippen LogP contribution in [0, 0.1) is 18.3 Å². The molecule has 2 heterocycles. The minimum Gasteiger partial charge on any atom is -0.367 e. The van der Waals surface area contributed by atoms with Crippen LogP contribution in [0.15, 0.2) is 24.3 Å². The maximum absolute atomic E-state index is 9.71. The first-order valence-corrected chi connectivity index (χ1v) is 7.10. The average molecular weight is 255 g/mol. The zero-order valence-corrected chi connectivity index (χ0v) is 11.7. The predicted molar refractivity (Wildman–Crippen MR) is 77.0 cm³/mol. The quantitative estimate of drug-likeness (QED) is 0.883. The Morgan fingerprint density at radius 1 is 1.26 bits per heavy atom. The van der Waals surface area contributed by atoms with Crippen molar-refractivity contribution in [3.8, 4) is 6.07 Å². The van der Waals surface area contributed by atoms with Crippen molar-refractivity contribution in [3.05, 3.63) is 29.8 Å². The number of nitriles is 1. The molecule has 2 fully saturated rings. The predicted octanol–water partition coefficient (Wildman–Crippen LogP) is 2.93. The zero-order valence-electron chi connectivity index (χ0n) is 11.7. The normalized spacial score (nSPS) is 33.9. The highest BCUT2D eigenvalue weighted by molar-refractivity contribution is 5.54. The van der Waals surface area contributed by atoms with Crippen LogP contribution in [0.25, 0.3) is 0 Å². The van der Waals surface area contributed by atoms with Gasteiger partial charge >= 0.3 is 0 Å². The number of hydrogen-bond donors (Lipinski definition) is 1. The van der Waals surface area contributed by atoms with E-state index in [1.165, 1.54) is 18.4 Å². The number of nitrogens with zero attached hydrogens (tertiary/aromatic N) is 2. The summed E-state index contributed by atoms with van der Waals surface area (Å²) in [5.74, 6) is 0. The molecule has 1 aromatic rings. The van der Waals surface area contributed by atoms with Gasteiger partial charge in [0.25, 0.3) is 0 Å². The lowest BCUT2D eigenvalue weighted by Gasteiger charge is -2.42. The van der Waals surface area contributed by atoms with E-state index in [4.69, 9.17) is 0 Å². The Labute approximate surface area is 115 Å². The lowest BCUT2D eigenvalue weighted by molar-refractivity contribution is 0.146. The van der Waals surface area contributed by atoms with Crippen LogP contribution in [-0.2, 0) is 0 Å². The summed E-state index contributed by atoms with van der Waals surface area (Å²) in [6.45, 7) is 2.09. The second-order valence-electron chi connectivity index (χ2n) is 6.09. The number of aryl methyl sites for hydroxylation is 1. The molecule has 2 bridgehead atoms. The lowest BCUT2D eigenvalue weighted by atomic mass is 9.83. The topological polar surface area (TPSA) is 39.1 Å². The molecule has 3 nitrogen and oxygen atoms in total. The third-order valence-corrected chi connectivity index (χ3v) is 4.89. The molecule has 100 valence electrons. The van der Waals surface area contributed by atoms with Crippen LogP contribution in [0.1, 0.15) is 31.2 Å². The summed E-state index contributed by atoms with van der Waals surface area (Å²) in [4.78, 5) is 2.47. The Balaban J connectivity index is 1.86. The summed E-state index contributed by atoms with van der Waals surface area (Å²) in [6, 6.07) is 11.9. The van der Waals surface area contributed by atoms with E-state index in [-0.39, 0.29) is 5.54 Å². The molecule has 2 saturated heterocycles. The molecule has 19 heavy (non-hydrogen) atoms. The minimum atomic E-state index is -0.384. The molecule has 1 aromatic carbocycles. The molecule has 0 spiro atoms. The first-order chi connectivity index (χ1) is 9.13. The maximum Gasteiger partial charge on any atom is 0.128 e. The molecule has 0 aromatic heterocycles. The Kier molecular flexibility index (Phi) is 2.99. The van der Waals surface area contributed by atoms with E-state index in [0.29, 0.717) is 12.1 Å². The highest BCUT2D eigenvalue weighted by Gasteiger charge is 2.47. The highest BCUT2D eigenvalue weighted by Crippen LogP contribution is 2.41. The van der Waals surface area contributed by atoms with Gasteiger partial charge in [-0.2, -0.15) is 5.26 Å². The van der Waals surface area contributed by atoms with Gasteiger partial charge < -0.3 is 10.2 Å². The van der Waals surface area contributed by atoms with Gasteiger partial charge in [0.2, 0.25) is 0 Å². The molecule has 3 heteroatoms. The summed E-state index contributed by atoms with van der Waals surface area (Å²) in [6.07, 6.45) is 4.34. The molecule has 2 aliphatic heterocycles. The standard InChI is InChI=1S/C16H21N3/c1-12-5-3-4-6-15(12)18-16(11-17)9-13-7-8-14(10-16)19(13)2/h3-6,13-14,18H,7-10H2,1-2H3. The van der Waals surface area contributed by atoms with Gasteiger partial charge in [-0.3, -0.25) is 0 Å². The van der Waals surface area contributed by atoms with Crippen molar-refractivity contribution in [3.63, 3.8) is 0 Å². The van der Waals surface area contributed by atoms with Gasteiger partial charge in [0.15, 0.2) is 0 Å². The van der Waals surface area contributed by atoms with Crippen molar-refractivity contribution in [1.82, 2.24) is 4.90 Å². The number of nitrogens with one attached hydrogen (secondary N) is 1. The van der Waals surface area contributed by atoms with Crippen LogP contribution in [0.5, 0.6) is 0 Å². The molecular formula is C16H21N3. The molecule has 0 radical (unpaired) electrons. The van der Waals surface area contributed by atoms with Crippen LogP contribution in [-0.4, -0.2) is 29.6 Å².